The first-order chi connectivity index (χ1) is 11.1. The number of nitrogen functional groups attached to an aromatic ring is 1. The lowest BCUT2D eigenvalue weighted by atomic mass is 10.1. The number of nitrogens with one attached hydrogen (secondary N) is 1. The van der Waals surface area contributed by atoms with Gasteiger partial charge in [0.15, 0.2) is 0 Å². The third-order valence-corrected chi connectivity index (χ3v) is 3.46. The van der Waals surface area contributed by atoms with Crippen LogP contribution in [0.15, 0.2) is 53.6 Å². The lowest BCUT2D eigenvalue weighted by Crippen LogP contribution is -2.19. The minimum absolute atomic E-state index is 0.242. The average molecular weight is 311 g/mol. The molecule has 2 aromatic carbocycles. The van der Waals surface area contributed by atoms with E-state index < -0.39 is 0 Å². The highest BCUT2D eigenvalue weighted by molar-refractivity contribution is 5.95. The largest absolute Gasteiger partial charge is 0.497 e. The molecule has 3 N–H and O–H groups in total. The van der Waals surface area contributed by atoms with Gasteiger partial charge in [0.1, 0.15) is 5.75 Å². The van der Waals surface area contributed by atoms with Gasteiger partial charge >= 0.3 is 0 Å². The molecule has 0 spiro atoms. The van der Waals surface area contributed by atoms with Crippen LogP contribution in [-0.2, 0) is 6.42 Å². The van der Waals surface area contributed by atoms with Crippen molar-refractivity contribution in [2.24, 2.45) is 5.10 Å². The Morgan fingerprint density at radius 3 is 2.39 bits per heavy atom. The molecule has 0 saturated heterocycles. The Bertz CT molecular complexity index is 676. The standard InChI is InChI=1S/C18H21N3O2/c1-13(3-4-14-5-11-17(23-2)12-6-14)20-21-18(22)15-7-9-16(19)10-8-15/h5-12H,3-4,19H2,1-2H3,(H,21,22)/b20-13-. The molecule has 120 valence electrons. The minimum atomic E-state index is -0.242. The van der Waals surface area contributed by atoms with E-state index in [2.05, 4.69) is 10.5 Å². The van der Waals surface area contributed by atoms with E-state index in [0.717, 1.165) is 24.3 Å². The number of methoxy groups -OCH3 is 1. The molecule has 5 heteroatoms. The number of nitrogens with zero attached hydrogens (tertiary/aromatic N) is 1. The molecule has 0 aromatic heterocycles. The predicted octanol–water partition coefficient (Wildman–Crippen LogP) is 3.02. The summed E-state index contributed by atoms with van der Waals surface area (Å²) in [6, 6.07) is 14.7. The number of anilines is 1. The average Bonchev–Trinajstić information content (AvgIpc) is 2.59. The van der Waals surface area contributed by atoms with Crippen LogP contribution in [-0.4, -0.2) is 18.7 Å². The van der Waals surface area contributed by atoms with Crippen LogP contribution in [0, 0.1) is 0 Å². The number of rotatable bonds is 6. The van der Waals surface area contributed by atoms with Gasteiger partial charge in [0.05, 0.1) is 7.11 Å². The van der Waals surface area contributed by atoms with E-state index in [0.29, 0.717) is 11.3 Å². The molecule has 2 aromatic rings. The minimum Gasteiger partial charge on any atom is -0.497 e. The molecule has 0 unspecified atom stereocenters. The topological polar surface area (TPSA) is 76.7 Å². The van der Waals surface area contributed by atoms with Crippen LogP contribution in [0.1, 0.15) is 29.3 Å². The van der Waals surface area contributed by atoms with Crippen molar-refractivity contribution < 1.29 is 9.53 Å². The number of aryl methyl sites for hydroxylation is 1. The van der Waals surface area contributed by atoms with Gasteiger partial charge in [-0.2, -0.15) is 5.10 Å². The molecule has 5 nitrogen and oxygen atoms in total. The lowest BCUT2D eigenvalue weighted by Gasteiger charge is -2.05. The molecular formula is C18H21N3O2. The van der Waals surface area contributed by atoms with Gasteiger partial charge in [-0.25, -0.2) is 5.43 Å². The Morgan fingerprint density at radius 2 is 1.78 bits per heavy atom. The maximum atomic E-state index is 11.9. The summed E-state index contributed by atoms with van der Waals surface area (Å²) in [7, 11) is 1.65. The second-order valence-electron chi connectivity index (χ2n) is 5.26. The molecule has 0 heterocycles. The summed E-state index contributed by atoms with van der Waals surface area (Å²) in [5, 5.41) is 4.13. The number of ether oxygens (including phenoxy) is 1. The fraction of sp³-hybridized carbons (Fsp3) is 0.222. The van der Waals surface area contributed by atoms with Crippen LogP contribution < -0.4 is 15.9 Å². The summed E-state index contributed by atoms with van der Waals surface area (Å²) in [6.07, 6.45) is 1.63. The van der Waals surface area contributed by atoms with Gasteiger partial charge in [0.2, 0.25) is 0 Å². The van der Waals surface area contributed by atoms with Crippen molar-refractivity contribution in [1.82, 2.24) is 5.43 Å². The van der Waals surface area contributed by atoms with Gasteiger partial charge in [-0.3, -0.25) is 4.79 Å². The number of hydrogen-bond donors (Lipinski definition) is 2. The molecule has 0 aliphatic heterocycles. The molecule has 0 radical (unpaired) electrons. The van der Waals surface area contributed by atoms with Gasteiger partial charge in [0.25, 0.3) is 5.91 Å². The van der Waals surface area contributed by atoms with Crippen LogP contribution in [0.2, 0.25) is 0 Å². The van der Waals surface area contributed by atoms with Crippen molar-refractivity contribution in [2.75, 3.05) is 12.8 Å². The zero-order chi connectivity index (χ0) is 16.7. The highest BCUT2D eigenvalue weighted by atomic mass is 16.5. The molecule has 1 amide bonds. The van der Waals surface area contributed by atoms with Crippen LogP contribution in [0.3, 0.4) is 0 Å². The third-order valence-electron chi connectivity index (χ3n) is 3.46. The van der Waals surface area contributed by atoms with Gasteiger partial charge in [-0.1, -0.05) is 12.1 Å². The van der Waals surface area contributed by atoms with Crippen molar-refractivity contribution in [2.45, 2.75) is 19.8 Å². The monoisotopic (exact) mass is 311 g/mol. The second kappa shape index (κ2) is 7.98. The van der Waals surface area contributed by atoms with Gasteiger partial charge in [-0.15, -0.1) is 0 Å². The first kappa shape index (κ1) is 16.5. The molecular weight excluding hydrogens is 290 g/mol. The Hall–Kier alpha value is -2.82. The maximum Gasteiger partial charge on any atom is 0.271 e. The van der Waals surface area contributed by atoms with Crippen molar-refractivity contribution >= 4 is 17.3 Å². The van der Waals surface area contributed by atoms with Crippen LogP contribution in [0.25, 0.3) is 0 Å². The summed E-state index contributed by atoms with van der Waals surface area (Å²) in [6.45, 7) is 1.90. The summed E-state index contributed by atoms with van der Waals surface area (Å²) in [4.78, 5) is 11.9. The van der Waals surface area contributed by atoms with Crippen molar-refractivity contribution in [1.29, 1.82) is 0 Å². The number of hydrogen-bond acceptors (Lipinski definition) is 4. The quantitative estimate of drug-likeness (QED) is 0.489. The van der Waals surface area contributed by atoms with E-state index >= 15 is 0 Å². The molecule has 23 heavy (non-hydrogen) atoms. The summed E-state index contributed by atoms with van der Waals surface area (Å²) in [5.41, 5.74) is 11.4. The first-order valence-corrected chi connectivity index (χ1v) is 7.40. The number of nitrogens with two attached hydrogens (primary N) is 1. The molecule has 0 aliphatic carbocycles. The number of hydrazone groups is 1. The third kappa shape index (κ3) is 5.14. The maximum absolute atomic E-state index is 11.9. The molecule has 0 atom stereocenters. The summed E-state index contributed by atoms with van der Waals surface area (Å²) in [5.74, 6) is 0.601. The van der Waals surface area contributed by atoms with Crippen LogP contribution in [0.4, 0.5) is 5.69 Å². The van der Waals surface area contributed by atoms with Gasteiger partial charge < -0.3 is 10.5 Å². The van der Waals surface area contributed by atoms with Crippen molar-refractivity contribution in [3.05, 3.63) is 59.7 Å². The van der Waals surface area contributed by atoms with Gasteiger partial charge in [0, 0.05) is 17.0 Å². The van der Waals surface area contributed by atoms with Crippen LogP contribution in [0.5, 0.6) is 5.75 Å². The van der Waals surface area contributed by atoms with Crippen LogP contribution >= 0.6 is 0 Å². The van der Waals surface area contributed by atoms with Crippen molar-refractivity contribution in [3.8, 4) is 5.75 Å². The van der Waals surface area contributed by atoms with Gasteiger partial charge in [-0.05, 0) is 61.7 Å². The smallest absolute Gasteiger partial charge is 0.271 e. The highest BCUT2D eigenvalue weighted by Gasteiger charge is 2.04. The zero-order valence-electron chi connectivity index (χ0n) is 13.4. The van der Waals surface area contributed by atoms with Crippen molar-refractivity contribution in [3.63, 3.8) is 0 Å². The molecule has 2 rings (SSSR count). The number of carbonyl (C=O) groups excluding carboxylic acids is 1. The first-order valence-electron chi connectivity index (χ1n) is 7.40. The van der Waals surface area contributed by atoms with E-state index in [-0.39, 0.29) is 5.91 Å². The van der Waals surface area contributed by atoms with E-state index in [9.17, 15) is 4.79 Å². The zero-order valence-corrected chi connectivity index (χ0v) is 13.4. The number of amides is 1. The Labute approximate surface area is 136 Å². The summed E-state index contributed by atoms with van der Waals surface area (Å²) < 4.78 is 5.13. The normalized spacial score (nSPS) is 11.1. The SMILES string of the molecule is COc1ccc(CC/C(C)=N\NC(=O)c2ccc(N)cc2)cc1. The predicted molar refractivity (Wildman–Crippen MR) is 92.7 cm³/mol. The highest BCUT2D eigenvalue weighted by Crippen LogP contribution is 2.12. The lowest BCUT2D eigenvalue weighted by molar-refractivity contribution is 0.0954. The Kier molecular flexibility index (Phi) is 5.74. The number of carbonyl (C=O) groups is 1. The van der Waals surface area contributed by atoms with E-state index in [1.807, 2.05) is 31.2 Å². The fourth-order valence-corrected chi connectivity index (χ4v) is 2.02. The molecule has 0 aliphatic rings. The Balaban J connectivity index is 1.84. The molecule has 0 saturated carbocycles. The number of benzene rings is 2. The fourth-order valence-electron chi connectivity index (χ4n) is 2.02. The molecule has 0 fully saturated rings. The van der Waals surface area contributed by atoms with E-state index in [1.54, 1.807) is 31.4 Å². The second-order valence-corrected chi connectivity index (χ2v) is 5.26. The van der Waals surface area contributed by atoms with E-state index in [1.165, 1.54) is 5.56 Å². The molecule has 0 bridgehead atoms. The Morgan fingerprint density at radius 1 is 1.13 bits per heavy atom. The summed E-state index contributed by atoms with van der Waals surface area (Å²) >= 11 is 0. The van der Waals surface area contributed by atoms with E-state index in [4.69, 9.17) is 10.5 Å².